The van der Waals surface area contributed by atoms with Crippen LogP contribution in [0.1, 0.15) is 13.3 Å². The Morgan fingerprint density at radius 2 is 2.35 bits per heavy atom. The van der Waals surface area contributed by atoms with E-state index >= 15 is 0 Å². The van der Waals surface area contributed by atoms with E-state index in [0.29, 0.717) is 5.16 Å². The minimum atomic E-state index is -0.865. The average molecular weight is 313 g/mol. The van der Waals surface area contributed by atoms with E-state index < -0.39 is 5.97 Å². The zero-order valence-corrected chi connectivity index (χ0v) is 12.8. The standard InChI is InChI=1S/C12H15N3O3S2/c1-3-5-15-11(10-8(18-2)4-6-19-10)13-14-12(15)20-7-9(16)17/h4,6H,3,5,7H2,1-2H3,(H,16,17). The molecule has 2 heterocycles. The van der Waals surface area contributed by atoms with E-state index in [1.165, 1.54) is 23.1 Å². The van der Waals surface area contributed by atoms with Gasteiger partial charge in [-0.05, 0) is 17.9 Å². The predicted octanol–water partition coefficient (Wildman–Crippen LogP) is 2.60. The molecule has 2 aromatic heterocycles. The van der Waals surface area contributed by atoms with Crippen LogP contribution in [-0.2, 0) is 11.3 Å². The SMILES string of the molecule is CCCn1c(SCC(=O)O)nnc1-c1sccc1OC. The number of hydrogen-bond acceptors (Lipinski definition) is 6. The topological polar surface area (TPSA) is 77.2 Å². The van der Waals surface area contributed by atoms with E-state index in [0.717, 1.165) is 29.4 Å². The third-order valence-electron chi connectivity index (χ3n) is 2.54. The lowest BCUT2D eigenvalue weighted by Gasteiger charge is -2.08. The molecule has 0 aliphatic carbocycles. The van der Waals surface area contributed by atoms with Gasteiger partial charge in [-0.25, -0.2) is 0 Å². The van der Waals surface area contributed by atoms with Crippen molar-refractivity contribution in [1.82, 2.24) is 14.8 Å². The van der Waals surface area contributed by atoms with Crippen molar-refractivity contribution >= 4 is 29.1 Å². The summed E-state index contributed by atoms with van der Waals surface area (Å²) in [5.74, 6) is 0.598. The number of carboxylic acid groups (broad SMARTS) is 1. The molecule has 1 N–H and O–H groups in total. The highest BCUT2D eigenvalue weighted by Gasteiger charge is 2.18. The number of ether oxygens (including phenoxy) is 1. The summed E-state index contributed by atoms with van der Waals surface area (Å²) in [7, 11) is 1.62. The molecule has 0 saturated carbocycles. The molecule has 8 heteroatoms. The molecule has 6 nitrogen and oxygen atoms in total. The van der Waals surface area contributed by atoms with Gasteiger partial charge >= 0.3 is 5.97 Å². The van der Waals surface area contributed by atoms with Gasteiger partial charge in [0.05, 0.1) is 12.9 Å². The van der Waals surface area contributed by atoms with Gasteiger partial charge in [-0.2, -0.15) is 0 Å². The molecular formula is C12H15N3O3S2. The number of thioether (sulfide) groups is 1. The number of carboxylic acids is 1. The minimum absolute atomic E-state index is 0.0244. The van der Waals surface area contributed by atoms with Crippen molar-refractivity contribution in [1.29, 1.82) is 0 Å². The Bertz CT molecular complexity index is 595. The molecule has 0 aromatic carbocycles. The third-order valence-corrected chi connectivity index (χ3v) is 4.38. The summed E-state index contributed by atoms with van der Waals surface area (Å²) in [5, 5.41) is 19.6. The molecule has 0 fully saturated rings. The lowest BCUT2D eigenvalue weighted by Crippen LogP contribution is -2.04. The van der Waals surface area contributed by atoms with E-state index in [-0.39, 0.29) is 5.75 Å². The van der Waals surface area contributed by atoms with E-state index in [1.807, 2.05) is 16.0 Å². The Balaban J connectivity index is 2.35. The Morgan fingerprint density at radius 1 is 1.55 bits per heavy atom. The van der Waals surface area contributed by atoms with Crippen LogP contribution in [0.15, 0.2) is 16.6 Å². The summed E-state index contributed by atoms with van der Waals surface area (Å²) < 4.78 is 7.26. The van der Waals surface area contributed by atoms with Crippen molar-refractivity contribution in [2.75, 3.05) is 12.9 Å². The zero-order chi connectivity index (χ0) is 14.5. The normalized spacial score (nSPS) is 10.7. The van der Waals surface area contributed by atoms with Crippen molar-refractivity contribution in [3.63, 3.8) is 0 Å². The first-order valence-corrected chi connectivity index (χ1v) is 7.93. The average Bonchev–Trinajstić information content (AvgIpc) is 3.02. The number of aromatic nitrogens is 3. The molecule has 0 unspecified atom stereocenters. The maximum atomic E-state index is 10.7. The van der Waals surface area contributed by atoms with Crippen LogP contribution < -0.4 is 4.74 Å². The molecule has 2 aromatic rings. The van der Waals surface area contributed by atoms with Crippen molar-refractivity contribution in [3.8, 4) is 16.5 Å². The fraction of sp³-hybridized carbons (Fsp3) is 0.417. The first-order chi connectivity index (χ1) is 9.67. The second-order valence-corrected chi connectivity index (χ2v) is 5.82. The molecule has 0 saturated heterocycles. The van der Waals surface area contributed by atoms with Gasteiger partial charge in [0.15, 0.2) is 11.0 Å². The number of nitrogens with zero attached hydrogens (tertiary/aromatic N) is 3. The van der Waals surface area contributed by atoms with Crippen LogP contribution in [0.2, 0.25) is 0 Å². The monoisotopic (exact) mass is 313 g/mol. The van der Waals surface area contributed by atoms with Gasteiger partial charge in [0.25, 0.3) is 0 Å². The largest absolute Gasteiger partial charge is 0.495 e. The van der Waals surface area contributed by atoms with Gasteiger partial charge in [0.1, 0.15) is 10.6 Å². The Kier molecular flexibility index (Phi) is 5.02. The maximum Gasteiger partial charge on any atom is 0.313 e. The molecule has 0 bridgehead atoms. The van der Waals surface area contributed by atoms with Gasteiger partial charge in [-0.1, -0.05) is 18.7 Å². The number of thiophene rings is 1. The lowest BCUT2D eigenvalue weighted by atomic mass is 10.4. The molecule has 0 radical (unpaired) electrons. The van der Waals surface area contributed by atoms with Crippen LogP contribution in [0, 0.1) is 0 Å². The minimum Gasteiger partial charge on any atom is -0.495 e. The van der Waals surface area contributed by atoms with Gasteiger partial charge in [0.2, 0.25) is 0 Å². The maximum absolute atomic E-state index is 10.7. The molecule has 0 aliphatic rings. The van der Waals surface area contributed by atoms with Crippen LogP contribution >= 0.6 is 23.1 Å². The second kappa shape index (κ2) is 6.76. The highest BCUT2D eigenvalue weighted by Crippen LogP contribution is 2.35. The van der Waals surface area contributed by atoms with Crippen LogP contribution in [0.4, 0.5) is 0 Å². The molecule has 0 amide bonds. The van der Waals surface area contributed by atoms with Crippen molar-refractivity contribution in [2.24, 2.45) is 0 Å². The molecule has 20 heavy (non-hydrogen) atoms. The number of methoxy groups -OCH3 is 1. The van der Waals surface area contributed by atoms with Crippen LogP contribution in [0.25, 0.3) is 10.7 Å². The highest BCUT2D eigenvalue weighted by molar-refractivity contribution is 7.99. The van der Waals surface area contributed by atoms with Crippen molar-refractivity contribution in [3.05, 3.63) is 11.4 Å². The summed E-state index contributed by atoms with van der Waals surface area (Å²) in [6, 6.07) is 1.88. The molecule has 0 spiro atoms. The molecule has 108 valence electrons. The lowest BCUT2D eigenvalue weighted by molar-refractivity contribution is -0.133. The molecule has 2 rings (SSSR count). The first kappa shape index (κ1) is 14.9. The fourth-order valence-corrected chi connectivity index (χ4v) is 3.27. The van der Waals surface area contributed by atoms with Gasteiger partial charge in [0, 0.05) is 6.54 Å². The predicted molar refractivity (Wildman–Crippen MR) is 78.5 cm³/mol. The summed E-state index contributed by atoms with van der Waals surface area (Å²) in [6.45, 7) is 2.80. The van der Waals surface area contributed by atoms with Crippen LogP contribution in [-0.4, -0.2) is 38.7 Å². The second-order valence-electron chi connectivity index (χ2n) is 3.96. The third kappa shape index (κ3) is 3.13. The zero-order valence-electron chi connectivity index (χ0n) is 11.2. The molecule has 0 atom stereocenters. The van der Waals surface area contributed by atoms with E-state index in [4.69, 9.17) is 9.84 Å². The summed E-state index contributed by atoms with van der Waals surface area (Å²) in [5.41, 5.74) is 0. The first-order valence-electron chi connectivity index (χ1n) is 6.07. The number of hydrogen-bond donors (Lipinski definition) is 1. The van der Waals surface area contributed by atoms with Crippen molar-refractivity contribution in [2.45, 2.75) is 25.0 Å². The van der Waals surface area contributed by atoms with E-state index in [1.54, 1.807) is 7.11 Å². The Hall–Kier alpha value is -1.54. The summed E-state index contributed by atoms with van der Waals surface area (Å²) in [4.78, 5) is 11.6. The van der Waals surface area contributed by atoms with Crippen molar-refractivity contribution < 1.29 is 14.6 Å². The molecular weight excluding hydrogens is 298 g/mol. The van der Waals surface area contributed by atoms with Gasteiger partial charge in [-0.3, -0.25) is 4.79 Å². The fourth-order valence-electron chi connectivity index (χ4n) is 1.74. The Morgan fingerprint density at radius 3 is 3.00 bits per heavy atom. The van der Waals surface area contributed by atoms with E-state index in [9.17, 15) is 4.79 Å². The number of aliphatic carboxylic acids is 1. The quantitative estimate of drug-likeness (QED) is 0.792. The van der Waals surface area contributed by atoms with Gasteiger partial charge < -0.3 is 14.4 Å². The van der Waals surface area contributed by atoms with E-state index in [2.05, 4.69) is 17.1 Å². The van der Waals surface area contributed by atoms with Crippen LogP contribution in [0.5, 0.6) is 5.75 Å². The highest BCUT2D eigenvalue weighted by atomic mass is 32.2. The smallest absolute Gasteiger partial charge is 0.313 e. The van der Waals surface area contributed by atoms with Crippen LogP contribution in [0.3, 0.4) is 0 Å². The summed E-state index contributed by atoms with van der Waals surface area (Å²) >= 11 is 2.71. The Labute approximate surface area is 124 Å². The van der Waals surface area contributed by atoms with Gasteiger partial charge in [-0.15, -0.1) is 21.5 Å². The molecule has 0 aliphatic heterocycles. The number of carbonyl (C=O) groups is 1. The number of rotatable bonds is 7. The summed E-state index contributed by atoms with van der Waals surface area (Å²) in [6.07, 6.45) is 0.916.